The zero-order valence-corrected chi connectivity index (χ0v) is 12.1. The molecule has 1 aromatic rings. The standard InChI is InChI=1S/C14H19FN2O2S/c15-12-2-1-3-13(16)14(12)20(18,19)17(8-10-4-5-10)9-11-6-7-11/h1-3,10-11H,4-9,16H2. The Morgan fingerprint density at radius 1 is 1.15 bits per heavy atom. The second kappa shape index (κ2) is 5.00. The average Bonchev–Trinajstić information content (AvgIpc) is 3.22. The van der Waals surface area contributed by atoms with Crippen molar-refractivity contribution >= 4 is 15.7 Å². The second-order valence-electron chi connectivity index (χ2n) is 5.87. The van der Waals surface area contributed by atoms with Crippen molar-refractivity contribution in [2.45, 2.75) is 30.6 Å². The Balaban J connectivity index is 1.93. The lowest BCUT2D eigenvalue weighted by atomic mass is 10.3. The Bertz CT molecular complexity index is 575. The highest BCUT2D eigenvalue weighted by Crippen LogP contribution is 2.37. The molecule has 0 amide bonds. The molecule has 20 heavy (non-hydrogen) atoms. The zero-order chi connectivity index (χ0) is 14.3. The topological polar surface area (TPSA) is 63.4 Å². The highest BCUT2D eigenvalue weighted by Gasteiger charge is 2.37. The lowest BCUT2D eigenvalue weighted by Gasteiger charge is -2.23. The number of sulfonamides is 1. The first-order valence-electron chi connectivity index (χ1n) is 7.02. The average molecular weight is 298 g/mol. The van der Waals surface area contributed by atoms with Gasteiger partial charge in [0.2, 0.25) is 10.0 Å². The van der Waals surface area contributed by atoms with Crippen molar-refractivity contribution in [2.24, 2.45) is 11.8 Å². The van der Waals surface area contributed by atoms with Gasteiger partial charge in [-0.25, -0.2) is 12.8 Å². The minimum Gasteiger partial charge on any atom is -0.398 e. The predicted molar refractivity (Wildman–Crippen MR) is 75.0 cm³/mol. The number of rotatable bonds is 6. The van der Waals surface area contributed by atoms with E-state index in [0.717, 1.165) is 31.7 Å². The number of benzene rings is 1. The second-order valence-corrected chi connectivity index (χ2v) is 7.74. The molecule has 2 saturated carbocycles. The molecule has 0 aliphatic heterocycles. The van der Waals surface area contributed by atoms with Crippen LogP contribution >= 0.6 is 0 Å². The van der Waals surface area contributed by atoms with E-state index in [1.54, 1.807) is 0 Å². The molecular weight excluding hydrogens is 279 g/mol. The monoisotopic (exact) mass is 298 g/mol. The fraction of sp³-hybridized carbons (Fsp3) is 0.571. The molecule has 1 aromatic carbocycles. The normalized spacial score (nSPS) is 19.5. The lowest BCUT2D eigenvalue weighted by Crippen LogP contribution is -2.35. The maximum absolute atomic E-state index is 13.9. The van der Waals surface area contributed by atoms with Gasteiger partial charge in [-0.3, -0.25) is 0 Å². The van der Waals surface area contributed by atoms with Gasteiger partial charge >= 0.3 is 0 Å². The van der Waals surface area contributed by atoms with Crippen molar-refractivity contribution in [3.8, 4) is 0 Å². The van der Waals surface area contributed by atoms with E-state index < -0.39 is 15.8 Å². The summed E-state index contributed by atoms with van der Waals surface area (Å²) in [6, 6.07) is 4.01. The van der Waals surface area contributed by atoms with Crippen LogP contribution in [-0.2, 0) is 10.0 Å². The number of halogens is 1. The summed E-state index contributed by atoms with van der Waals surface area (Å²) < 4.78 is 40.8. The van der Waals surface area contributed by atoms with Crippen LogP contribution in [-0.4, -0.2) is 25.8 Å². The Morgan fingerprint density at radius 3 is 2.15 bits per heavy atom. The Hall–Kier alpha value is -1.14. The zero-order valence-electron chi connectivity index (χ0n) is 11.3. The molecule has 2 fully saturated rings. The SMILES string of the molecule is Nc1cccc(F)c1S(=O)(=O)N(CC1CC1)CC1CC1. The van der Waals surface area contributed by atoms with Crippen LogP contribution in [0.5, 0.6) is 0 Å². The summed E-state index contributed by atoms with van der Waals surface area (Å²) in [6.07, 6.45) is 4.24. The number of hydrogen-bond donors (Lipinski definition) is 1. The van der Waals surface area contributed by atoms with Crippen LogP contribution < -0.4 is 5.73 Å². The van der Waals surface area contributed by atoms with Gasteiger partial charge in [-0.05, 0) is 49.7 Å². The molecule has 0 unspecified atom stereocenters. The fourth-order valence-electron chi connectivity index (χ4n) is 2.37. The van der Waals surface area contributed by atoms with E-state index in [-0.39, 0.29) is 10.6 Å². The van der Waals surface area contributed by atoms with E-state index >= 15 is 0 Å². The quantitative estimate of drug-likeness (QED) is 0.819. The van der Waals surface area contributed by atoms with Crippen LogP contribution in [0.2, 0.25) is 0 Å². The summed E-state index contributed by atoms with van der Waals surface area (Å²) in [5.41, 5.74) is 5.68. The van der Waals surface area contributed by atoms with Gasteiger partial charge in [0.15, 0.2) is 0 Å². The van der Waals surface area contributed by atoms with Gasteiger partial charge in [0, 0.05) is 13.1 Å². The van der Waals surface area contributed by atoms with E-state index in [0.29, 0.717) is 24.9 Å². The first-order chi connectivity index (χ1) is 9.48. The summed E-state index contributed by atoms with van der Waals surface area (Å²) in [6.45, 7) is 0.985. The van der Waals surface area contributed by atoms with E-state index in [9.17, 15) is 12.8 Å². The van der Waals surface area contributed by atoms with Crippen LogP contribution in [0.1, 0.15) is 25.7 Å². The number of nitrogens with two attached hydrogens (primary N) is 1. The van der Waals surface area contributed by atoms with Gasteiger partial charge in [0.25, 0.3) is 0 Å². The number of hydrogen-bond acceptors (Lipinski definition) is 3. The summed E-state index contributed by atoms with van der Waals surface area (Å²) in [5, 5.41) is 0. The highest BCUT2D eigenvalue weighted by molar-refractivity contribution is 7.89. The molecule has 6 heteroatoms. The maximum atomic E-state index is 13.9. The molecule has 110 valence electrons. The van der Waals surface area contributed by atoms with Crippen LogP contribution in [0.25, 0.3) is 0 Å². The van der Waals surface area contributed by atoms with Crippen LogP contribution in [0.15, 0.2) is 23.1 Å². The van der Waals surface area contributed by atoms with Gasteiger partial charge in [-0.2, -0.15) is 4.31 Å². The fourth-order valence-corrected chi connectivity index (χ4v) is 4.13. The van der Waals surface area contributed by atoms with Crippen LogP contribution in [0, 0.1) is 17.7 Å². The third-order valence-electron chi connectivity index (χ3n) is 3.91. The van der Waals surface area contributed by atoms with E-state index in [1.807, 2.05) is 0 Å². The van der Waals surface area contributed by atoms with Gasteiger partial charge in [0.05, 0.1) is 5.69 Å². The molecule has 0 radical (unpaired) electrons. The lowest BCUT2D eigenvalue weighted by molar-refractivity contribution is 0.380. The molecule has 3 rings (SSSR count). The molecular formula is C14H19FN2O2S. The number of nitrogen functional groups attached to an aromatic ring is 1. The third kappa shape index (κ3) is 2.81. The Labute approximate surface area is 118 Å². The minimum absolute atomic E-state index is 0.0124. The van der Waals surface area contributed by atoms with E-state index in [4.69, 9.17) is 5.73 Å². The molecule has 0 aromatic heterocycles. The highest BCUT2D eigenvalue weighted by atomic mass is 32.2. The number of nitrogens with zero attached hydrogens (tertiary/aromatic N) is 1. The smallest absolute Gasteiger partial charge is 0.248 e. The predicted octanol–water partition coefficient (Wildman–Crippen LogP) is 2.22. The van der Waals surface area contributed by atoms with Crippen molar-refractivity contribution in [3.63, 3.8) is 0 Å². The van der Waals surface area contributed by atoms with Gasteiger partial charge in [-0.1, -0.05) is 6.07 Å². The molecule has 4 nitrogen and oxygen atoms in total. The van der Waals surface area contributed by atoms with E-state index in [2.05, 4.69) is 0 Å². The minimum atomic E-state index is -3.84. The van der Waals surface area contributed by atoms with Crippen LogP contribution in [0.4, 0.5) is 10.1 Å². The van der Waals surface area contributed by atoms with Gasteiger partial charge in [0.1, 0.15) is 10.7 Å². The largest absolute Gasteiger partial charge is 0.398 e. The van der Waals surface area contributed by atoms with Crippen molar-refractivity contribution < 1.29 is 12.8 Å². The number of anilines is 1. The summed E-state index contributed by atoms with van der Waals surface area (Å²) in [5.74, 6) is 0.0923. The first kappa shape index (κ1) is 13.8. The van der Waals surface area contributed by atoms with Gasteiger partial charge < -0.3 is 5.73 Å². The van der Waals surface area contributed by atoms with Crippen molar-refractivity contribution in [1.82, 2.24) is 4.31 Å². The molecule has 0 spiro atoms. The molecule has 0 atom stereocenters. The summed E-state index contributed by atoms with van der Waals surface area (Å²) in [4.78, 5) is -0.360. The molecule has 0 bridgehead atoms. The van der Waals surface area contributed by atoms with Crippen LogP contribution in [0.3, 0.4) is 0 Å². The van der Waals surface area contributed by atoms with Crippen molar-refractivity contribution in [1.29, 1.82) is 0 Å². The molecule has 2 aliphatic rings. The van der Waals surface area contributed by atoms with Crippen molar-refractivity contribution in [3.05, 3.63) is 24.0 Å². The first-order valence-corrected chi connectivity index (χ1v) is 8.46. The molecule has 2 N–H and O–H groups in total. The van der Waals surface area contributed by atoms with E-state index in [1.165, 1.54) is 16.4 Å². The third-order valence-corrected chi connectivity index (χ3v) is 5.84. The summed E-state index contributed by atoms with van der Waals surface area (Å²) in [7, 11) is -3.84. The summed E-state index contributed by atoms with van der Waals surface area (Å²) >= 11 is 0. The Morgan fingerprint density at radius 2 is 1.70 bits per heavy atom. The molecule has 2 aliphatic carbocycles. The van der Waals surface area contributed by atoms with Crippen molar-refractivity contribution in [2.75, 3.05) is 18.8 Å². The molecule has 0 heterocycles. The molecule has 0 saturated heterocycles. The van der Waals surface area contributed by atoms with Gasteiger partial charge in [-0.15, -0.1) is 0 Å². The Kier molecular flexibility index (Phi) is 3.46. The maximum Gasteiger partial charge on any atom is 0.248 e.